The summed E-state index contributed by atoms with van der Waals surface area (Å²) in [5.41, 5.74) is 1.61. The average molecular weight is 333 g/mol. The van der Waals surface area contributed by atoms with Gasteiger partial charge in [-0.05, 0) is 35.9 Å². The number of oxime groups is 1. The fourth-order valence-corrected chi connectivity index (χ4v) is 1.94. The van der Waals surface area contributed by atoms with Crippen molar-refractivity contribution in [3.63, 3.8) is 0 Å². The van der Waals surface area contributed by atoms with Crippen molar-refractivity contribution in [2.75, 3.05) is 18.5 Å². The van der Waals surface area contributed by atoms with Crippen LogP contribution in [0.25, 0.3) is 0 Å². The SMILES string of the molecule is CC(=O)Nc1ccc(/C=N/OCCOc2cccc(Cl)c2)cc1. The molecule has 1 amide bonds. The molecule has 0 aromatic heterocycles. The topological polar surface area (TPSA) is 59.9 Å². The average Bonchev–Trinajstić information content (AvgIpc) is 2.52. The predicted molar refractivity (Wildman–Crippen MR) is 91.2 cm³/mol. The van der Waals surface area contributed by atoms with Crippen molar-refractivity contribution in [1.82, 2.24) is 0 Å². The zero-order chi connectivity index (χ0) is 16.5. The fourth-order valence-electron chi connectivity index (χ4n) is 1.76. The van der Waals surface area contributed by atoms with Gasteiger partial charge in [0.25, 0.3) is 0 Å². The molecule has 0 saturated heterocycles. The summed E-state index contributed by atoms with van der Waals surface area (Å²) >= 11 is 5.86. The van der Waals surface area contributed by atoms with Crippen molar-refractivity contribution in [2.24, 2.45) is 5.16 Å². The number of ether oxygens (including phenoxy) is 1. The van der Waals surface area contributed by atoms with E-state index in [1.54, 1.807) is 30.5 Å². The maximum Gasteiger partial charge on any atom is 0.221 e. The Hall–Kier alpha value is -2.53. The molecule has 0 heterocycles. The van der Waals surface area contributed by atoms with Crippen LogP contribution in [0.5, 0.6) is 5.75 Å². The zero-order valence-corrected chi connectivity index (χ0v) is 13.4. The molecule has 0 aliphatic rings. The third kappa shape index (κ3) is 6.40. The molecule has 0 spiro atoms. The molecule has 0 unspecified atom stereocenters. The van der Waals surface area contributed by atoms with Gasteiger partial charge < -0.3 is 14.9 Å². The molecule has 0 atom stereocenters. The predicted octanol–water partition coefficient (Wildman–Crippen LogP) is 3.73. The van der Waals surface area contributed by atoms with Crippen molar-refractivity contribution in [3.05, 3.63) is 59.1 Å². The number of nitrogens with one attached hydrogen (secondary N) is 1. The molecule has 0 aliphatic carbocycles. The first kappa shape index (κ1) is 16.8. The van der Waals surface area contributed by atoms with Gasteiger partial charge in [0.2, 0.25) is 5.91 Å². The first-order chi connectivity index (χ1) is 11.1. The smallest absolute Gasteiger partial charge is 0.221 e. The molecule has 2 rings (SSSR count). The van der Waals surface area contributed by atoms with Crippen molar-refractivity contribution in [3.8, 4) is 5.75 Å². The molecular weight excluding hydrogens is 316 g/mol. The van der Waals surface area contributed by atoms with E-state index in [1.807, 2.05) is 24.3 Å². The van der Waals surface area contributed by atoms with Crippen LogP contribution < -0.4 is 10.1 Å². The van der Waals surface area contributed by atoms with Gasteiger partial charge in [0.05, 0.1) is 6.21 Å². The second-order valence-electron chi connectivity index (χ2n) is 4.68. The van der Waals surface area contributed by atoms with Gasteiger partial charge in [0, 0.05) is 17.6 Å². The number of rotatable bonds is 7. The number of benzene rings is 2. The molecule has 23 heavy (non-hydrogen) atoms. The highest BCUT2D eigenvalue weighted by Crippen LogP contribution is 2.16. The summed E-state index contributed by atoms with van der Waals surface area (Å²) in [6.07, 6.45) is 1.59. The maximum absolute atomic E-state index is 10.9. The van der Waals surface area contributed by atoms with E-state index >= 15 is 0 Å². The van der Waals surface area contributed by atoms with Gasteiger partial charge in [-0.25, -0.2) is 0 Å². The quantitative estimate of drug-likeness (QED) is 0.477. The number of anilines is 1. The maximum atomic E-state index is 10.9. The van der Waals surface area contributed by atoms with Gasteiger partial charge in [-0.15, -0.1) is 0 Å². The molecule has 0 radical (unpaired) electrons. The molecule has 0 saturated carbocycles. The van der Waals surface area contributed by atoms with Gasteiger partial charge in [-0.2, -0.15) is 0 Å². The van der Waals surface area contributed by atoms with Crippen LogP contribution in [0.3, 0.4) is 0 Å². The minimum absolute atomic E-state index is 0.102. The lowest BCUT2D eigenvalue weighted by Crippen LogP contribution is -2.05. The zero-order valence-electron chi connectivity index (χ0n) is 12.7. The highest BCUT2D eigenvalue weighted by atomic mass is 35.5. The van der Waals surface area contributed by atoms with Crippen molar-refractivity contribution in [1.29, 1.82) is 0 Å². The van der Waals surface area contributed by atoms with Gasteiger partial charge in [0.15, 0.2) is 6.61 Å². The Morgan fingerprint density at radius 2 is 2.00 bits per heavy atom. The lowest BCUT2D eigenvalue weighted by Gasteiger charge is -2.05. The Balaban J connectivity index is 1.69. The van der Waals surface area contributed by atoms with E-state index < -0.39 is 0 Å². The molecule has 2 aromatic rings. The third-order valence-corrected chi connectivity index (χ3v) is 2.98. The van der Waals surface area contributed by atoms with Crippen LogP contribution in [0, 0.1) is 0 Å². The van der Waals surface area contributed by atoms with Gasteiger partial charge >= 0.3 is 0 Å². The summed E-state index contributed by atoms with van der Waals surface area (Å²) in [6, 6.07) is 14.4. The van der Waals surface area contributed by atoms with Crippen LogP contribution in [0.2, 0.25) is 5.02 Å². The molecule has 0 fully saturated rings. The molecule has 5 nitrogen and oxygen atoms in total. The minimum Gasteiger partial charge on any atom is -0.490 e. The second-order valence-corrected chi connectivity index (χ2v) is 5.11. The van der Waals surface area contributed by atoms with E-state index in [-0.39, 0.29) is 5.91 Å². The van der Waals surface area contributed by atoms with Crippen molar-refractivity contribution >= 4 is 29.4 Å². The molecule has 1 N–H and O–H groups in total. The largest absolute Gasteiger partial charge is 0.490 e. The van der Waals surface area contributed by atoms with E-state index in [9.17, 15) is 4.79 Å². The normalized spacial score (nSPS) is 10.5. The van der Waals surface area contributed by atoms with Crippen LogP contribution in [-0.4, -0.2) is 25.3 Å². The van der Waals surface area contributed by atoms with Crippen LogP contribution in [0.15, 0.2) is 53.7 Å². The highest BCUT2D eigenvalue weighted by molar-refractivity contribution is 6.30. The number of amides is 1. The molecule has 2 aromatic carbocycles. The van der Waals surface area contributed by atoms with Crippen LogP contribution in [0.4, 0.5) is 5.69 Å². The Morgan fingerprint density at radius 3 is 2.70 bits per heavy atom. The summed E-state index contributed by atoms with van der Waals surface area (Å²) in [6.45, 7) is 2.17. The molecule has 6 heteroatoms. The minimum atomic E-state index is -0.102. The summed E-state index contributed by atoms with van der Waals surface area (Å²) in [5, 5.41) is 7.19. The van der Waals surface area contributed by atoms with E-state index in [4.69, 9.17) is 21.2 Å². The Labute approximate surface area is 139 Å². The van der Waals surface area contributed by atoms with Crippen molar-refractivity contribution in [2.45, 2.75) is 6.92 Å². The van der Waals surface area contributed by atoms with Crippen LogP contribution in [0.1, 0.15) is 12.5 Å². The summed E-state index contributed by atoms with van der Waals surface area (Å²) in [7, 11) is 0. The van der Waals surface area contributed by atoms with Crippen LogP contribution in [-0.2, 0) is 9.63 Å². The Kier molecular flexibility index (Phi) is 6.44. The molecular formula is C17H17ClN2O3. The monoisotopic (exact) mass is 332 g/mol. The van der Waals surface area contributed by atoms with Crippen LogP contribution >= 0.6 is 11.6 Å². The molecule has 0 bridgehead atoms. The van der Waals surface area contributed by atoms with Gasteiger partial charge in [-0.1, -0.05) is 35.0 Å². The molecule has 0 aliphatic heterocycles. The first-order valence-electron chi connectivity index (χ1n) is 7.05. The highest BCUT2D eigenvalue weighted by Gasteiger charge is 1.96. The summed E-state index contributed by atoms with van der Waals surface area (Å²) in [5.74, 6) is 0.591. The molecule has 120 valence electrons. The third-order valence-electron chi connectivity index (χ3n) is 2.75. The van der Waals surface area contributed by atoms with Crippen molar-refractivity contribution < 1.29 is 14.4 Å². The van der Waals surface area contributed by atoms with E-state index in [2.05, 4.69) is 10.5 Å². The number of nitrogens with zero attached hydrogens (tertiary/aromatic N) is 1. The second kappa shape index (κ2) is 8.80. The van der Waals surface area contributed by atoms with Gasteiger partial charge in [-0.3, -0.25) is 4.79 Å². The lowest BCUT2D eigenvalue weighted by atomic mass is 10.2. The van der Waals surface area contributed by atoms with E-state index in [0.717, 1.165) is 11.3 Å². The van der Waals surface area contributed by atoms with E-state index in [1.165, 1.54) is 6.92 Å². The standard InChI is InChI=1S/C17H17ClN2O3/c1-13(21)20-16-7-5-14(6-8-16)12-19-23-10-9-22-17-4-2-3-15(18)11-17/h2-8,11-12H,9-10H2,1H3,(H,20,21)/b19-12+. The summed E-state index contributed by atoms with van der Waals surface area (Å²) < 4.78 is 5.47. The lowest BCUT2D eigenvalue weighted by molar-refractivity contribution is -0.114. The van der Waals surface area contributed by atoms with E-state index in [0.29, 0.717) is 24.0 Å². The Morgan fingerprint density at radius 1 is 1.22 bits per heavy atom. The number of halogens is 1. The Bertz CT molecular complexity index is 672. The number of carbonyl (C=O) groups excluding carboxylic acids is 1. The number of hydrogen-bond donors (Lipinski definition) is 1. The fraction of sp³-hybridized carbons (Fsp3) is 0.176. The van der Waals surface area contributed by atoms with Gasteiger partial charge in [0.1, 0.15) is 12.4 Å². The summed E-state index contributed by atoms with van der Waals surface area (Å²) in [4.78, 5) is 16.0. The number of carbonyl (C=O) groups is 1. The first-order valence-corrected chi connectivity index (χ1v) is 7.42. The number of hydrogen-bond acceptors (Lipinski definition) is 4.